The Morgan fingerprint density at radius 3 is 2.41 bits per heavy atom. The number of aromatic nitrogens is 2. The minimum atomic E-state index is -1.58. The lowest BCUT2D eigenvalue weighted by atomic mass is 9.94. The van der Waals surface area contributed by atoms with Gasteiger partial charge in [0.05, 0.1) is 35.6 Å². The smallest absolute Gasteiger partial charge is 0.407 e. The van der Waals surface area contributed by atoms with Crippen LogP contribution in [0.3, 0.4) is 0 Å². The summed E-state index contributed by atoms with van der Waals surface area (Å²) in [6.07, 6.45) is -0.494. The minimum absolute atomic E-state index is 0.0899. The zero-order valence-electron chi connectivity index (χ0n) is 34.0. The Hall–Kier alpha value is -6.45. The number of benzene rings is 3. The van der Waals surface area contributed by atoms with Crippen molar-refractivity contribution in [2.45, 2.75) is 71.2 Å². The summed E-state index contributed by atoms with van der Waals surface area (Å²) in [5, 5.41) is 19.1. The number of carbonyl (C=O) groups is 4. The molecule has 0 unspecified atom stereocenters. The first-order chi connectivity index (χ1) is 29.4. The highest BCUT2D eigenvalue weighted by atomic mass is 19.1. The van der Waals surface area contributed by atoms with Gasteiger partial charge >= 0.3 is 12.1 Å². The van der Waals surface area contributed by atoms with Crippen molar-refractivity contribution in [1.82, 2.24) is 25.5 Å². The van der Waals surface area contributed by atoms with Crippen LogP contribution in [0.4, 0.5) is 9.18 Å². The number of nitrogens with zero attached hydrogens (tertiary/aromatic N) is 2. The van der Waals surface area contributed by atoms with Crippen LogP contribution in [-0.4, -0.2) is 71.1 Å². The van der Waals surface area contributed by atoms with Crippen molar-refractivity contribution in [3.05, 3.63) is 122 Å². The highest BCUT2D eigenvalue weighted by Gasteiger charge is 2.35. The summed E-state index contributed by atoms with van der Waals surface area (Å²) in [6.45, 7) is 5.23. The number of hydrogen-bond acceptors (Lipinski definition) is 10. The molecule has 2 aliphatic heterocycles. The molecule has 316 valence electrons. The molecule has 8 rings (SSSR count). The number of rotatable bonds is 14. The molecular weight excluding hydrogens is 786 g/mol. The summed E-state index contributed by atoms with van der Waals surface area (Å²) < 4.78 is 32.6. The van der Waals surface area contributed by atoms with Gasteiger partial charge in [0, 0.05) is 35.1 Å². The average molecular weight is 832 g/mol. The Labute approximate surface area is 350 Å². The molecule has 5 aromatic rings. The first kappa shape index (κ1) is 41.3. The maximum atomic E-state index is 14.8. The second-order valence-electron chi connectivity index (χ2n) is 15.9. The van der Waals surface area contributed by atoms with E-state index in [1.807, 2.05) is 36.4 Å². The van der Waals surface area contributed by atoms with E-state index in [1.165, 1.54) is 6.07 Å². The normalized spacial score (nSPS) is 15.3. The lowest BCUT2D eigenvalue weighted by Crippen LogP contribution is -2.51. The molecule has 4 heterocycles. The SMILES string of the molecule is Cc1cc2c(CCCCOCNC(=O)CNC(=O)[C@@H](NC(=O)OCC3c4ccccc4-c4ccccc43)C(C)C)c3c(nc2cc1F)-c1cc2c(c(=O)n1C3)COC(=O)[C@H]2O. The zero-order chi connectivity index (χ0) is 42.9. The maximum Gasteiger partial charge on any atom is 0.407 e. The number of esters is 1. The molecular formula is C46H46FN5O9. The van der Waals surface area contributed by atoms with E-state index in [0.29, 0.717) is 48.3 Å². The highest BCUT2D eigenvalue weighted by molar-refractivity contribution is 5.90. The molecule has 0 saturated carbocycles. The van der Waals surface area contributed by atoms with Gasteiger partial charge in [-0.1, -0.05) is 62.4 Å². The van der Waals surface area contributed by atoms with Crippen molar-refractivity contribution in [2.75, 3.05) is 26.5 Å². The van der Waals surface area contributed by atoms with E-state index < -0.39 is 41.8 Å². The third-order valence-corrected chi connectivity index (χ3v) is 11.7. The number of alkyl carbamates (subject to hydrolysis) is 1. The summed E-state index contributed by atoms with van der Waals surface area (Å²) in [7, 11) is 0. The van der Waals surface area contributed by atoms with E-state index in [-0.39, 0.29) is 61.6 Å². The second kappa shape index (κ2) is 17.3. The second-order valence-corrected chi connectivity index (χ2v) is 15.9. The van der Waals surface area contributed by atoms with Gasteiger partial charge in [-0.3, -0.25) is 14.4 Å². The summed E-state index contributed by atoms with van der Waals surface area (Å²) >= 11 is 0. The molecule has 3 aliphatic rings. The van der Waals surface area contributed by atoms with Crippen LogP contribution in [-0.2, 0) is 48.2 Å². The van der Waals surface area contributed by atoms with Gasteiger partial charge in [0.2, 0.25) is 11.8 Å². The molecule has 0 fully saturated rings. The maximum absolute atomic E-state index is 14.8. The molecule has 15 heteroatoms. The number of unbranched alkanes of at least 4 members (excludes halogenated alkanes) is 1. The minimum Gasteiger partial charge on any atom is -0.458 e. The van der Waals surface area contributed by atoms with Gasteiger partial charge in [-0.15, -0.1) is 0 Å². The van der Waals surface area contributed by atoms with E-state index in [9.17, 15) is 33.5 Å². The van der Waals surface area contributed by atoms with Crippen molar-refractivity contribution in [2.24, 2.45) is 5.92 Å². The van der Waals surface area contributed by atoms with Crippen molar-refractivity contribution in [3.63, 3.8) is 0 Å². The molecule has 0 spiro atoms. The molecule has 0 saturated heterocycles. The number of aliphatic hydroxyl groups is 1. The van der Waals surface area contributed by atoms with Gasteiger partial charge in [-0.05, 0) is 77.6 Å². The van der Waals surface area contributed by atoms with Gasteiger partial charge in [0.25, 0.3) is 5.56 Å². The topological polar surface area (TPSA) is 187 Å². The molecule has 4 N–H and O–H groups in total. The van der Waals surface area contributed by atoms with E-state index in [1.54, 1.807) is 37.5 Å². The zero-order valence-corrected chi connectivity index (χ0v) is 34.0. The largest absolute Gasteiger partial charge is 0.458 e. The van der Waals surface area contributed by atoms with Gasteiger partial charge in [0.1, 0.15) is 31.8 Å². The summed E-state index contributed by atoms with van der Waals surface area (Å²) in [6, 6.07) is 19.8. The Morgan fingerprint density at radius 2 is 1.69 bits per heavy atom. The molecule has 61 heavy (non-hydrogen) atoms. The molecule has 0 bridgehead atoms. The number of halogens is 1. The van der Waals surface area contributed by atoms with Crippen LogP contribution < -0.4 is 21.5 Å². The number of cyclic esters (lactones) is 1. The van der Waals surface area contributed by atoms with Gasteiger partial charge in [-0.25, -0.2) is 19.0 Å². The van der Waals surface area contributed by atoms with Gasteiger partial charge < -0.3 is 39.8 Å². The molecule has 3 aromatic carbocycles. The first-order valence-electron chi connectivity index (χ1n) is 20.4. The van der Waals surface area contributed by atoms with Crippen molar-refractivity contribution < 1.29 is 42.9 Å². The third kappa shape index (κ3) is 8.10. The Bertz CT molecular complexity index is 2600. The van der Waals surface area contributed by atoms with Crippen LogP contribution in [0, 0.1) is 18.7 Å². The van der Waals surface area contributed by atoms with E-state index in [4.69, 9.17) is 19.2 Å². The molecule has 1 aliphatic carbocycles. The number of pyridine rings is 2. The highest BCUT2D eigenvalue weighted by Crippen LogP contribution is 2.44. The van der Waals surface area contributed by atoms with Crippen molar-refractivity contribution >= 4 is 34.8 Å². The molecule has 0 radical (unpaired) electrons. The fourth-order valence-corrected chi connectivity index (χ4v) is 8.48. The van der Waals surface area contributed by atoms with Crippen molar-refractivity contribution in [3.8, 4) is 22.5 Å². The predicted molar refractivity (Wildman–Crippen MR) is 222 cm³/mol. The summed E-state index contributed by atoms with van der Waals surface area (Å²) in [5.74, 6) is -2.66. The Kier molecular flexibility index (Phi) is 11.7. The summed E-state index contributed by atoms with van der Waals surface area (Å²) in [4.78, 5) is 68.9. The van der Waals surface area contributed by atoms with Crippen LogP contribution in [0.25, 0.3) is 33.4 Å². The molecule has 2 aromatic heterocycles. The average Bonchev–Trinajstić information content (AvgIpc) is 3.78. The number of aryl methyl sites for hydroxylation is 2. The number of nitrogens with one attached hydrogen (secondary N) is 3. The van der Waals surface area contributed by atoms with E-state index in [2.05, 4.69) is 28.1 Å². The van der Waals surface area contributed by atoms with Crippen LogP contribution in [0.1, 0.15) is 77.7 Å². The Morgan fingerprint density at radius 1 is 0.967 bits per heavy atom. The predicted octanol–water partition coefficient (Wildman–Crippen LogP) is 5.06. The third-order valence-electron chi connectivity index (χ3n) is 11.7. The number of amides is 3. The lowest BCUT2D eigenvalue weighted by Gasteiger charge is -2.22. The molecule has 2 atom stereocenters. The summed E-state index contributed by atoms with van der Waals surface area (Å²) in [5.41, 5.74) is 7.93. The van der Waals surface area contributed by atoms with E-state index >= 15 is 0 Å². The van der Waals surface area contributed by atoms with Crippen LogP contribution >= 0.6 is 0 Å². The van der Waals surface area contributed by atoms with Crippen LogP contribution in [0.5, 0.6) is 0 Å². The number of fused-ring (bicyclic) bond motifs is 8. The van der Waals surface area contributed by atoms with Gasteiger partial charge in [-0.2, -0.15) is 0 Å². The van der Waals surface area contributed by atoms with Gasteiger partial charge in [0.15, 0.2) is 6.10 Å². The van der Waals surface area contributed by atoms with Crippen LogP contribution in [0.15, 0.2) is 71.5 Å². The number of aliphatic hydroxyl groups excluding tert-OH is 1. The fourth-order valence-electron chi connectivity index (χ4n) is 8.48. The standard InChI is InChI=1S/C46H46FN5O9/c1-24(2)40(51-46(58)61-21-34-28-12-6-4-10-26(28)27-11-5-7-13-29(27)34)43(55)48-19-39(53)49-23-59-15-9-8-14-30-31-16-25(3)36(47)18-37(31)50-41-33(30)20-52-38(41)17-32-35(44(52)56)22-60-45(57)42(32)54/h4-7,10-13,16-18,24,34,40,42,54H,8-9,14-15,19-23H2,1-3H3,(H,48,55)(H,49,53)(H,51,58)/t40-,42-/m0/s1. The Balaban J connectivity index is 0.805. The van der Waals surface area contributed by atoms with Crippen LogP contribution in [0.2, 0.25) is 0 Å². The lowest BCUT2D eigenvalue weighted by molar-refractivity contribution is -0.157. The van der Waals surface area contributed by atoms with E-state index in [0.717, 1.165) is 38.8 Å². The number of carbonyl (C=O) groups excluding carboxylic acids is 4. The molecule has 3 amide bonds. The number of ether oxygens (including phenoxy) is 3. The fraction of sp³-hybridized carbons (Fsp3) is 0.348. The monoisotopic (exact) mass is 831 g/mol. The quantitative estimate of drug-likeness (QED) is 0.0657. The molecule has 14 nitrogen and oxygen atoms in total. The number of hydrogen-bond donors (Lipinski definition) is 4. The van der Waals surface area contributed by atoms with Crippen molar-refractivity contribution in [1.29, 1.82) is 0 Å². The first-order valence-corrected chi connectivity index (χ1v) is 20.4.